The molecule has 1 fully saturated rings. The van der Waals surface area contributed by atoms with Crippen LogP contribution in [0.5, 0.6) is 0 Å². The Hall–Kier alpha value is -3.15. The zero-order chi connectivity index (χ0) is 25.1. The lowest BCUT2D eigenvalue weighted by atomic mass is 10.00. The normalized spacial score (nSPS) is 17.9. The molecule has 0 saturated heterocycles. The number of anilines is 2. The molecule has 3 aromatic carbocycles. The molecule has 5 rings (SSSR count). The lowest BCUT2D eigenvalue weighted by molar-refractivity contribution is 0.0986. The Morgan fingerprint density at radius 1 is 0.889 bits per heavy atom. The minimum atomic E-state index is -0.203. The Bertz CT molecular complexity index is 1270. The highest BCUT2D eigenvalue weighted by atomic mass is 35.5. The van der Waals surface area contributed by atoms with Crippen LogP contribution < -0.4 is 15.5 Å². The number of fused-ring (bicyclic) bond motifs is 1. The molecule has 0 radical (unpaired) electrons. The summed E-state index contributed by atoms with van der Waals surface area (Å²) in [5.74, 6) is -0.323. The van der Waals surface area contributed by atoms with Gasteiger partial charge in [-0.25, -0.2) is 0 Å². The van der Waals surface area contributed by atoms with E-state index in [4.69, 9.17) is 11.6 Å². The van der Waals surface area contributed by atoms with Gasteiger partial charge in [-0.05, 0) is 74.1 Å². The molecule has 1 atom stereocenters. The van der Waals surface area contributed by atoms with Gasteiger partial charge >= 0.3 is 0 Å². The van der Waals surface area contributed by atoms with Gasteiger partial charge in [-0.15, -0.1) is 0 Å². The third-order valence-electron chi connectivity index (χ3n) is 7.36. The van der Waals surface area contributed by atoms with E-state index in [-0.39, 0.29) is 17.9 Å². The zero-order valence-electron chi connectivity index (χ0n) is 20.6. The predicted molar refractivity (Wildman–Crippen MR) is 146 cm³/mol. The first-order valence-corrected chi connectivity index (χ1v) is 13.2. The Kier molecular flexibility index (Phi) is 7.40. The molecule has 5 nitrogen and oxygen atoms in total. The third-order valence-corrected chi connectivity index (χ3v) is 7.67. The third kappa shape index (κ3) is 5.18. The standard InChI is InChI=1S/C30H32ClN3O2/c1-20-9-2-5-12-23(20)29(35)33-22-16-17-24(26(31)19-22)30(36)34-18-8-14-27(32-21-10-3-4-11-21)25-13-6-7-15-28(25)34/h2,5-7,9,12-13,15-17,19,21,27,32H,3-4,8,10-11,14,18H2,1H3,(H,33,35). The summed E-state index contributed by atoms with van der Waals surface area (Å²) in [6.45, 7) is 2.54. The highest BCUT2D eigenvalue weighted by Crippen LogP contribution is 2.36. The van der Waals surface area contributed by atoms with Crippen LogP contribution in [0.1, 0.15) is 76.4 Å². The van der Waals surface area contributed by atoms with Crippen molar-refractivity contribution < 1.29 is 9.59 Å². The van der Waals surface area contributed by atoms with Gasteiger partial charge in [-0.3, -0.25) is 9.59 Å². The zero-order valence-corrected chi connectivity index (χ0v) is 21.4. The van der Waals surface area contributed by atoms with Crippen LogP contribution in [-0.4, -0.2) is 24.4 Å². The molecular formula is C30H32ClN3O2. The average Bonchev–Trinajstić information content (AvgIpc) is 3.32. The van der Waals surface area contributed by atoms with Gasteiger partial charge in [0.25, 0.3) is 11.8 Å². The number of carbonyl (C=O) groups is 2. The Labute approximate surface area is 217 Å². The summed E-state index contributed by atoms with van der Waals surface area (Å²) >= 11 is 6.60. The quantitative estimate of drug-likeness (QED) is 0.399. The van der Waals surface area contributed by atoms with Crippen molar-refractivity contribution in [3.8, 4) is 0 Å². The van der Waals surface area contributed by atoms with Crippen LogP contribution >= 0.6 is 11.6 Å². The Morgan fingerprint density at radius 3 is 2.42 bits per heavy atom. The second kappa shape index (κ2) is 10.9. The van der Waals surface area contributed by atoms with E-state index < -0.39 is 0 Å². The molecule has 6 heteroatoms. The summed E-state index contributed by atoms with van der Waals surface area (Å²) < 4.78 is 0. The first kappa shape index (κ1) is 24.5. The second-order valence-electron chi connectivity index (χ2n) is 9.82. The van der Waals surface area contributed by atoms with E-state index in [0.29, 0.717) is 34.4 Å². The van der Waals surface area contributed by atoms with Crippen molar-refractivity contribution in [1.29, 1.82) is 0 Å². The maximum absolute atomic E-state index is 13.7. The number of halogens is 1. The van der Waals surface area contributed by atoms with Crippen molar-refractivity contribution in [1.82, 2.24) is 5.32 Å². The van der Waals surface area contributed by atoms with Crippen molar-refractivity contribution in [2.75, 3.05) is 16.8 Å². The molecule has 186 valence electrons. The predicted octanol–water partition coefficient (Wildman–Crippen LogP) is 6.91. The SMILES string of the molecule is Cc1ccccc1C(=O)Nc1ccc(C(=O)N2CCCC(NC3CCCC3)c3ccccc32)c(Cl)c1. The fourth-order valence-electron chi connectivity index (χ4n) is 5.46. The van der Waals surface area contributed by atoms with Gasteiger partial charge in [-0.2, -0.15) is 0 Å². The van der Waals surface area contributed by atoms with Gasteiger partial charge in [0, 0.05) is 35.6 Å². The number of amides is 2. The van der Waals surface area contributed by atoms with Crippen LogP contribution in [0.15, 0.2) is 66.7 Å². The number of para-hydroxylation sites is 1. The fourth-order valence-corrected chi connectivity index (χ4v) is 5.72. The van der Waals surface area contributed by atoms with E-state index in [0.717, 1.165) is 24.1 Å². The molecule has 2 N–H and O–H groups in total. The van der Waals surface area contributed by atoms with Gasteiger partial charge in [0.2, 0.25) is 0 Å². The topological polar surface area (TPSA) is 61.4 Å². The maximum atomic E-state index is 13.7. The average molecular weight is 502 g/mol. The van der Waals surface area contributed by atoms with E-state index in [9.17, 15) is 9.59 Å². The molecule has 0 spiro atoms. The molecule has 0 bridgehead atoms. The molecular weight excluding hydrogens is 470 g/mol. The van der Waals surface area contributed by atoms with E-state index in [1.54, 1.807) is 24.3 Å². The van der Waals surface area contributed by atoms with Crippen molar-refractivity contribution in [3.63, 3.8) is 0 Å². The molecule has 2 aliphatic rings. The van der Waals surface area contributed by atoms with Gasteiger partial charge < -0.3 is 15.5 Å². The molecule has 1 aliphatic carbocycles. The van der Waals surface area contributed by atoms with Crippen molar-refractivity contribution in [3.05, 3.63) is 94.0 Å². The minimum absolute atomic E-state index is 0.120. The highest BCUT2D eigenvalue weighted by molar-refractivity contribution is 6.35. The van der Waals surface area contributed by atoms with Gasteiger partial charge in [0.1, 0.15) is 0 Å². The molecule has 0 aromatic heterocycles. The first-order valence-electron chi connectivity index (χ1n) is 12.8. The summed E-state index contributed by atoms with van der Waals surface area (Å²) in [5.41, 5.74) is 4.62. The summed E-state index contributed by atoms with van der Waals surface area (Å²) in [6, 6.07) is 21.5. The molecule has 1 heterocycles. The van der Waals surface area contributed by atoms with E-state index in [1.807, 2.05) is 42.2 Å². The number of hydrogen-bond acceptors (Lipinski definition) is 3. The molecule has 36 heavy (non-hydrogen) atoms. The lowest BCUT2D eigenvalue weighted by Crippen LogP contribution is -2.32. The molecule has 3 aromatic rings. The molecule has 1 unspecified atom stereocenters. The minimum Gasteiger partial charge on any atom is -0.322 e. The number of aryl methyl sites for hydroxylation is 1. The summed E-state index contributed by atoms with van der Waals surface area (Å²) in [7, 11) is 0. The van der Waals surface area contributed by atoms with Crippen LogP contribution in [0.25, 0.3) is 0 Å². The van der Waals surface area contributed by atoms with Crippen LogP contribution in [-0.2, 0) is 0 Å². The molecule has 1 aliphatic heterocycles. The van der Waals surface area contributed by atoms with Crippen LogP contribution in [0.2, 0.25) is 5.02 Å². The molecule has 1 saturated carbocycles. The second-order valence-corrected chi connectivity index (χ2v) is 10.2. The summed E-state index contributed by atoms with van der Waals surface area (Å²) in [5, 5.41) is 7.08. The fraction of sp³-hybridized carbons (Fsp3) is 0.333. The van der Waals surface area contributed by atoms with Crippen molar-refractivity contribution >= 4 is 34.8 Å². The van der Waals surface area contributed by atoms with E-state index in [2.05, 4.69) is 22.8 Å². The van der Waals surface area contributed by atoms with Crippen molar-refractivity contribution in [2.45, 2.75) is 57.5 Å². The van der Waals surface area contributed by atoms with Gasteiger partial charge in [-0.1, -0.05) is 60.8 Å². The Balaban J connectivity index is 1.36. The summed E-state index contributed by atoms with van der Waals surface area (Å²) in [6.07, 6.45) is 6.93. The Morgan fingerprint density at radius 2 is 1.64 bits per heavy atom. The largest absolute Gasteiger partial charge is 0.322 e. The van der Waals surface area contributed by atoms with Gasteiger partial charge in [0.15, 0.2) is 0 Å². The van der Waals surface area contributed by atoms with Crippen LogP contribution in [0.3, 0.4) is 0 Å². The smallest absolute Gasteiger partial charge is 0.259 e. The number of benzene rings is 3. The lowest BCUT2D eigenvalue weighted by Gasteiger charge is -2.26. The van der Waals surface area contributed by atoms with Crippen LogP contribution in [0, 0.1) is 6.92 Å². The monoisotopic (exact) mass is 501 g/mol. The maximum Gasteiger partial charge on any atom is 0.259 e. The highest BCUT2D eigenvalue weighted by Gasteiger charge is 2.29. The number of hydrogen-bond donors (Lipinski definition) is 2. The van der Waals surface area contributed by atoms with Gasteiger partial charge in [0.05, 0.1) is 10.6 Å². The summed E-state index contributed by atoms with van der Waals surface area (Å²) in [4.78, 5) is 28.3. The number of rotatable bonds is 5. The molecule has 2 amide bonds. The number of carbonyl (C=O) groups excluding carboxylic acids is 2. The van der Waals surface area contributed by atoms with Crippen LogP contribution in [0.4, 0.5) is 11.4 Å². The number of nitrogens with one attached hydrogen (secondary N) is 2. The number of nitrogens with zero attached hydrogens (tertiary/aromatic N) is 1. The van der Waals surface area contributed by atoms with Crippen molar-refractivity contribution in [2.24, 2.45) is 0 Å². The van der Waals surface area contributed by atoms with E-state index in [1.165, 1.54) is 31.2 Å². The van der Waals surface area contributed by atoms with E-state index >= 15 is 0 Å². The first-order chi connectivity index (χ1) is 17.5.